The van der Waals surface area contributed by atoms with Crippen LogP contribution in [0.1, 0.15) is 6.92 Å². The summed E-state index contributed by atoms with van der Waals surface area (Å²) in [5.74, 6) is -0.312. The Morgan fingerprint density at radius 1 is 1.75 bits per heavy atom. The molecule has 0 rings (SSSR count). The van der Waals surface area contributed by atoms with Crippen molar-refractivity contribution in [3.8, 4) is 0 Å². The first-order valence-electron chi connectivity index (χ1n) is 2.47. The third-order valence-electron chi connectivity index (χ3n) is 0.654. The van der Waals surface area contributed by atoms with Crippen LogP contribution in [-0.2, 0) is 4.79 Å². The number of amides is 1. The molecule has 1 amide bonds. The molecule has 0 aromatic carbocycles. The van der Waals surface area contributed by atoms with E-state index in [1.54, 1.807) is 6.92 Å². The van der Waals surface area contributed by atoms with Crippen molar-refractivity contribution in [1.29, 1.82) is 0 Å². The highest BCUT2D eigenvalue weighted by atomic mass is 16.2. The maximum Gasteiger partial charge on any atom is 0.251 e. The molecule has 0 fully saturated rings. The van der Waals surface area contributed by atoms with Crippen molar-refractivity contribution in [2.75, 3.05) is 6.54 Å². The van der Waals surface area contributed by atoms with Crippen molar-refractivity contribution < 1.29 is 4.79 Å². The number of hydrogen-bond acceptors (Lipinski definition) is 3. The van der Waals surface area contributed by atoms with E-state index in [9.17, 15) is 4.79 Å². The fourth-order valence-electron chi connectivity index (χ4n) is 0.292. The molecule has 48 valence electrons. The maximum atomic E-state index is 10.4. The molecular formula is C4H11N3O. The zero-order valence-electron chi connectivity index (χ0n) is 4.85. The van der Waals surface area contributed by atoms with Crippen molar-refractivity contribution in [2.24, 2.45) is 11.5 Å². The van der Waals surface area contributed by atoms with E-state index < -0.39 is 6.17 Å². The summed E-state index contributed by atoms with van der Waals surface area (Å²) >= 11 is 0. The highest BCUT2D eigenvalue weighted by Crippen LogP contribution is 1.63. The van der Waals surface area contributed by atoms with Gasteiger partial charge in [0.05, 0.1) is 0 Å². The molecule has 0 saturated carbocycles. The summed E-state index contributed by atoms with van der Waals surface area (Å²) in [6.45, 7) is 2.38. The molecule has 5 N–H and O–H groups in total. The zero-order chi connectivity index (χ0) is 6.57. The van der Waals surface area contributed by atoms with Crippen LogP contribution >= 0.6 is 0 Å². The molecule has 8 heavy (non-hydrogen) atoms. The van der Waals surface area contributed by atoms with Crippen LogP contribution in [0.15, 0.2) is 0 Å². The minimum atomic E-state index is -0.880. The molecule has 0 bridgehead atoms. The first kappa shape index (κ1) is 7.39. The fourth-order valence-corrected chi connectivity index (χ4v) is 0.292. The second kappa shape index (κ2) is 3.40. The number of carbonyl (C=O) groups excluding carboxylic acids is 1. The molecule has 4 heteroatoms. The van der Waals surface area contributed by atoms with Crippen molar-refractivity contribution >= 4 is 5.91 Å². The van der Waals surface area contributed by atoms with Crippen molar-refractivity contribution in [2.45, 2.75) is 13.1 Å². The Labute approximate surface area is 48.2 Å². The van der Waals surface area contributed by atoms with E-state index >= 15 is 0 Å². The van der Waals surface area contributed by atoms with Crippen molar-refractivity contribution in [3.63, 3.8) is 0 Å². The van der Waals surface area contributed by atoms with Gasteiger partial charge in [-0.25, -0.2) is 0 Å². The van der Waals surface area contributed by atoms with E-state index in [4.69, 9.17) is 11.5 Å². The quantitative estimate of drug-likeness (QED) is 0.380. The Hall–Kier alpha value is -0.610. The second-order valence-electron chi connectivity index (χ2n) is 1.42. The molecule has 0 spiro atoms. The summed E-state index contributed by atoms with van der Waals surface area (Å²) in [5.41, 5.74) is 9.98. The van der Waals surface area contributed by atoms with Crippen molar-refractivity contribution in [3.05, 3.63) is 0 Å². The molecule has 0 radical (unpaired) electrons. The third-order valence-corrected chi connectivity index (χ3v) is 0.654. The van der Waals surface area contributed by atoms with Crippen LogP contribution in [0.25, 0.3) is 0 Å². The van der Waals surface area contributed by atoms with E-state index in [2.05, 4.69) is 5.32 Å². The maximum absolute atomic E-state index is 10.4. The average molecular weight is 117 g/mol. The van der Waals surface area contributed by atoms with Gasteiger partial charge in [-0.2, -0.15) is 0 Å². The Bertz CT molecular complexity index is 81.4. The van der Waals surface area contributed by atoms with Gasteiger partial charge in [0, 0.05) is 6.54 Å². The zero-order valence-corrected chi connectivity index (χ0v) is 4.85. The highest BCUT2D eigenvalue weighted by Gasteiger charge is 2.02. The normalized spacial score (nSPS) is 9.50. The predicted octanol–water partition coefficient (Wildman–Crippen LogP) is -1.63. The molecule has 0 unspecified atom stereocenters. The van der Waals surface area contributed by atoms with Gasteiger partial charge in [-0.15, -0.1) is 0 Å². The van der Waals surface area contributed by atoms with Gasteiger partial charge >= 0.3 is 0 Å². The molecule has 0 heterocycles. The number of carbonyl (C=O) groups is 1. The largest absolute Gasteiger partial charge is 0.354 e. The van der Waals surface area contributed by atoms with Crippen LogP contribution in [0.2, 0.25) is 0 Å². The van der Waals surface area contributed by atoms with E-state index in [1.807, 2.05) is 0 Å². The molecule has 0 aromatic heterocycles. The summed E-state index contributed by atoms with van der Waals surface area (Å²) in [7, 11) is 0. The second-order valence-corrected chi connectivity index (χ2v) is 1.42. The lowest BCUT2D eigenvalue weighted by molar-refractivity contribution is -0.122. The lowest BCUT2D eigenvalue weighted by atomic mass is 10.5. The van der Waals surface area contributed by atoms with Crippen LogP contribution in [-0.4, -0.2) is 18.6 Å². The Morgan fingerprint density at radius 3 is 2.38 bits per heavy atom. The Morgan fingerprint density at radius 2 is 2.25 bits per heavy atom. The van der Waals surface area contributed by atoms with E-state index in [0.717, 1.165) is 0 Å². The molecule has 0 aliphatic rings. The summed E-state index contributed by atoms with van der Waals surface area (Å²) in [4.78, 5) is 10.4. The monoisotopic (exact) mass is 117 g/mol. The van der Waals surface area contributed by atoms with Gasteiger partial charge < -0.3 is 16.8 Å². The fraction of sp³-hybridized carbons (Fsp3) is 0.750. The number of hydrogen-bond donors (Lipinski definition) is 3. The lowest BCUT2D eigenvalue weighted by Gasteiger charge is -2.02. The number of rotatable bonds is 2. The Balaban J connectivity index is 3.33. The van der Waals surface area contributed by atoms with Gasteiger partial charge in [0.15, 0.2) is 0 Å². The first-order chi connectivity index (χ1) is 3.68. The van der Waals surface area contributed by atoms with Gasteiger partial charge in [0.1, 0.15) is 6.17 Å². The minimum Gasteiger partial charge on any atom is -0.354 e. The molecule has 0 aromatic rings. The van der Waals surface area contributed by atoms with Gasteiger partial charge in [-0.05, 0) is 6.92 Å². The number of likely N-dealkylation sites (N-methyl/N-ethyl adjacent to an activating group) is 1. The molecule has 4 nitrogen and oxygen atoms in total. The summed E-state index contributed by atoms with van der Waals surface area (Å²) in [5, 5.41) is 2.46. The molecular weight excluding hydrogens is 106 g/mol. The summed E-state index contributed by atoms with van der Waals surface area (Å²) in [6.07, 6.45) is -0.880. The van der Waals surface area contributed by atoms with E-state index in [-0.39, 0.29) is 5.91 Å². The van der Waals surface area contributed by atoms with Crippen LogP contribution in [0.4, 0.5) is 0 Å². The van der Waals surface area contributed by atoms with Gasteiger partial charge in [-0.3, -0.25) is 4.79 Å². The van der Waals surface area contributed by atoms with Crippen LogP contribution < -0.4 is 16.8 Å². The smallest absolute Gasteiger partial charge is 0.251 e. The molecule has 0 aliphatic carbocycles. The van der Waals surface area contributed by atoms with Crippen molar-refractivity contribution in [1.82, 2.24) is 5.32 Å². The molecule has 0 aliphatic heterocycles. The van der Waals surface area contributed by atoms with Gasteiger partial charge in [-0.1, -0.05) is 0 Å². The molecule has 0 saturated heterocycles. The van der Waals surface area contributed by atoms with Crippen LogP contribution in [0.5, 0.6) is 0 Å². The number of nitrogens with two attached hydrogens (primary N) is 2. The first-order valence-corrected chi connectivity index (χ1v) is 2.47. The number of nitrogens with one attached hydrogen (secondary N) is 1. The molecule has 0 atom stereocenters. The third kappa shape index (κ3) is 2.54. The Kier molecular flexibility index (Phi) is 3.14. The van der Waals surface area contributed by atoms with E-state index in [1.165, 1.54) is 0 Å². The standard InChI is InChI=1S/C4H11N3O/c1-2-7-4(8)3(5)6/h3H,2,5-6H2,1H3,(H,7,8). The van der Waals surface area contributed by atoms with Gasteiger partial charge in [0.25, 0.3) is 5.91 Å². The van der Waals surface area contributed by atoms with Crippen LogP contribution in [0, 0.1) is 0 Å². The summed E-state index contributed by atoms with van der Waals surface area (Å²) in [6, 6.07) is 0. The summed E-state index contributed by atoms with van der Waals surface area (Å²) < 4.78 is 0. The predicted molar refractivity (Wildman–Crippen MR) is 30.8 cm³/mol. The topological polar surface area (TPSA) is 81.1 Å². The highest BCUT2D eigenvalue weighted by molar-refractivity contribution is 5.80. The minimum absolute atomic E-state index is 0.312. The lowest BCUT2D eigenvalue weighted by Crippen LogP contribution is -2.46. The van der Waals surface area contributed by atoms with Gasteiger partial charge in [0.2, 0.25) is 0 Å². The SMILES string of the molecule is CCNC(=O)C(N)N. The average Bonchev–Trinajstić information content (AvgIpc) is 1.67. The van der Waals surface area contributed by atoms with E-state index in [0.29, 0.717) is 6.54 Å². The van der Waals surface area contributed by atoms with Crippen LogP contribution in [0.3, 0.4) is 0 Å².